The van der Waals surface area contributed by atoms with Gasteiger partial charge in [-0.25, -0.2) is 0 Å². The monoisotopic (exact) mass is 770 g/mol. The predicted octanol–water partition coefficient (Wildman–Crippen LogP) is 4.06. The van der Waals surface area contributed by atoms with Crippen LogP contribution in [0.5, 0.6) is 0 Å². The molecule has 3 aliphatic heterocycles. The number of fused-ring (bicyclic) bond motifs is 1. The van der Waals surface area contributed by atoms with Crippen molar-refractivity contribution >= 4 is 19.9 Å². The van der Waals surface area contributed by atoms with E-state index in [1.54, 1.807) is 22.5 Å². The molecule has 14 heteroatoms. The molecule has 7 rings (SSSR count). The number of nitrogens with zero attached hydrogens (tertiary/aromatic N) is 1. The van der Waals surface area contributed by atoms with Crippen LogP contribution in [0.1, 0.15) is 41.1 Å². The first-order chi connectivity index (χ1) is 19.7. The molecule has 0 fully saturated rings. The summed E-state index contributed by atoms with van der Waals surface area (Å²) in [5.41, 5.74) is 1.13. The molecule has 0 spiro atoms. The van der Waals surface area contributed by atoms with Gasteiger partial charge in [0.1, 0.15) is 8.07 Å². The average Bonchev–Trinajstić information content (AvgIpc) is 3.50. The third-order valence-electron chi connectivity index (χ3n) is 8.59. The van der Waals surface area contributed by atoms with Gasteiger partial charge in [-0.3, -0.25) is 4.99 Å². The quantitative estimate of drug-likeness (QED) is 0.323. The van der Waals surface area contributed by atoms with Crippen molar-refractivity contribution in [2.45, 2.75) is 61.4 Å². The van der Waals surface area contributed by atoms with E-state index in [9.17, 15) is 39.5 Å². The summed E-state index contributed by atoms with van der Waals surface area (Å²) >= 11 is 1.21. The van der Waals surface area contributed by atoms with Crippen LogP contribution in [0.15, 0.2) is 86.3 Å². The average molecular weight is 773 g/mol. The van der Waals surface area contributed by atoms with Crippen molar-refractivity contribution in [3.63, 3.8) is 0 Å². The van der Waals surface area contributed by atoms with E-state index in [1.165, 1.54) is 47.3 Å². The summed E-state index contributed by atoms with van der Waals surface area (Å²) in [6.45, 7) is 11.1. The second kappa shape index (κ2) is 12.0. The molecule has 2 bridgehead atoms. The fourth-order valence-corrected chi connectivity index (χ4v) is 11.4. The largest absolute Gasteiger partial charge is 1.00 e. The smallest absolute Gasteiger partial charge is 1.00 e. The van der Waals surface area contributed by atoms with Gasteiger partial charge in [-0.1, -0.05) is 13.1 Å². The van der Waals surface area contributed by atoms with Crippen molar-refractivity contribution < 1.29 is 89.0 Å². The summed E-state index contributed by atoms with van der Waals surface area (Å²) in [6.07, 6.45) is -15.8. The molecule has 0 saturated heterocycles. The molecular formula is C31H25Cl2F9NSiZr. The van der Waals surface area contributed by atoms with Crippen LogP contribution < -0.4 is 24.8 Å². The van der Waals surface area contributed by atoms with Crippen LogP contribution in [-0.4, -0.2) is 32.3 Å². The molecule has 239 valence electrons. The van der Waals surface area contributed by atoms with Crippen molar-refractivity contribution in [2.24, 2.45) is 4.99 Å². The molecule has 0 radical (unpaired) electrons. The van der Waals surface area contributed by atoms with E-state index >= 15 is 0 Å². The van der Waals surface area contributed by atoms with Crippen LogP contribution in [0.2, 0.25) is 13.1 Å². The Kier molecular flexibility index (Phi) is 10.00. The van der Waals surface area contributed by atoms with Crippen LogP contribution in [0, 0.1) is 0 Å². The summed E-state index contributed by atoms with van der Waals surface area (Å²) in [5, 5.41) is 3.28. The molecule has 1 nitrogen and oxygen atoms in total. The Balaban J connectivity index is 0.000000306. The topological polar surface area (TPSA) is 12.4 Å². The molecule has 0 amide bonds. The van der Waals surface area contributed by atoms with Crippen molar-refractivity contribution in [1.29, 1.82) is 0 Å². The zero-order valence-corrected chi connectivity index (χ0v) is 29.3. The van der Waals surface area contributed by atoms with Gasteiger partial charge in [-0.05, 0) is 35.9 Å². The minimum Gasteiger partial charge on any atom is -1.00 e. The van der Waals surface area contributed by atoms with E-state index in [-0.39, 0.29) is 46.1 Å². The normalized spacial score (nSPS) is 19.7. The van der Waals surface area contributed by atoms with Gasteiger partial charge < -0.3 is 24.8 Å². The van der Waals surface area contributed by atoms with Crippen LogP contribution in [0.4, 0.5) is 39.5 Å². The van der Waals surface area contributed by atoms with Gasteiger partial charge in [0.2, 0.25) is 0 Å². The van der Waals surface area contributed by atoms with Crippen LogP contribution in [-0.2, 0) is 30.1 Å². The molecule has 2 aromatic rings. The maximum atomic E-state index is 13.3. The SMILES string of the molecule is CC1=CC2=C3C(C)=C(C2=N1)[Si]3(C)C.CC1=Cc2c(-c3ccc(C(C(F)(F)F)(C(F)(F)F)C(F)(F)F)cc3)cccc2[CH]1[Zr+2].[Cl-].[Cl-]. The second-order valence-electron chi connectivity index (χ2n) is 11.6. The predicted molar refractivity (Wildman–Crippen MR) is 147 cm³/mol. The number of halogens is 11. The maximum Gasteiger partial charge on any atom is -1.00 e. The molecule has 45 heavy (non-hydrogen) atoms. The first-order valence-corrected chi connectivity index (χ1v) is 17.7. The number of rotatable bonds is 2. The molecule has 3 heterocycles. The third kappa shape index (κ3) is 5.49. The van der Waals surface area contributed by atoms with Crippen molar-refractivity contribution in [2.75, 3.05) is 0 Å². The van der Waals surface area contributed by atoms with E-state index in [2.05, 4.69) is 38.0 Å². The molecule has 1 unspecified atom stereocenters. The van der Waals surface area contributed by atoms with E-state index in [4.69, 9.17) is 0 Å². The Bertz CT molecular complexity index is 1660. The Hall–Kier alpha value is -1.88. The molecule has 2 aliphatic carbocycles. The molecule has 1 atom stereocenters. The standard InChI is InChI=1S/C20H12F9.C11H13NSi.2ClH.Zr/c1-11-9-13-3-2-4-15(16(13)10-11)12-5-7-14(8-6-12)17(18(21,22)23,19(24,25)26)20(27,28)29;1-6-5-8-9(12-6)11-7(2)10(8)13(11,3)4;;;/h2-10H,1H3;5H,1-4H3;2*1H;/q;;;;+2/p-2. The fourth-order valence-electron chi connectivity index (χ4n) is 6.74. The third-order valence-corrected chi connectivity index (χ3v) is 14.2. The van der Waals surface area contributed by atoms with Gasteiger partial charge in [0.15, 0.2) is 0 Å². The van der Waals surface area contributed by atoms with Crippen LogP contribution in [0.25, 0.3) is 17.2 Å². The Morgan fingerprint density at radius 1 is 0.733 bits per heavy atom. The van der Waals surface area contributed by atoms with Gasteiger partial charge in [-0.2, -0.15) is 0 Å². The van der Waals surface area contributed by atoms with Crippen LogP contribution >= 0.6 is 0 Å². The zero-order chi connectivity index (χ0) is 32.1. The molecule has 5 aliphatic rings. The molecule has 2 aromatic carbocycles. The van der Waals surface area contributed by atoms with E-state index in [0.717, 1.165) is 28.8 Å². The van der Waals surface area contributed by atoms with Gasteiger partial charge in [0.05, 0.1) is 5.71 Å². The number of benzene rings is 2. The molecular weight excluding hydrogens is 748 g/mol. The molecule has 0 N–H and O–H groups in total. The summed E-state index contributed by atoms with van der Waals surface area (Å²) in [7, 11) is -1.15. The maximum absolute atomic E-state index is 13.3. The summed E-state index contributed by atoms with van der Waals surface area (Å²) in [4.78, 5) is 4.62. The minimum absolute atomic E-state index is 0. The molecule has 0 saturated carbocycles. The Morgan fingerprint density at radius 2 is 1.27 bits per heavy atom. The van der Waals surface area contributed by atoms with Gasteiger partial charge in [0, 0.05) is 11.3 Å². The number of hydrogen-bond acceptors (Lipinski definition) is 1. The fraction of sp³-hybridized carbons (Fsp3) is 0.323. The summed E-state index contributed by atoms with van der Waals surface area (Å²) < 4.78 is 120. The van der Waals surface area contributed by atoms with E-state index in [0.29, 0.717) is 5.56 Å². The number of alkyl halides is 9. The first kappa shape index (κ1) is 37.6. The van der Waals surface area contributed by atoms with Gasteiger partial charge in [0.25, 0.3) is 0 Å². The zero-order valence-electron chi connectivity index (χ0n) is 24.4. The van der Waals surface area contributed by atoms with Gasteiger partial charge in [-0.15, -0.1) is 0 Å². The number of hydrogen-bond donors (Lipinski definition) is 0. The number of aliphatic imine (C=N–C) groups is 1. The minimum atomic E-state index is -6.63. The van der Waals surface area contributed by atoms with Crippen molar-refractivity contribution in [3.05, 3.63) is 98.0 Å². The van der Waals surface area contributed by atoms with Crippen LogP contribution in [0.3, 0.4) is 0 Å². The van der Waals surface area contributed by atoms with Crippen molar-refractivity contribution in [1.82, 2.24) is 0 Å². The van der Waals surface area contributed by atoms with E-state index < -0.39 is 37.6 Å². The Labute approximate surface area is 283 Å². The number of allylic oxidation sites excluding steroid dienone is 7. The Morgan fingerprint density at radius 3 is 1.73 bits per heavy atom. The summed E-state index contributed by atoms with van der Waals surface area (Å²) in [5.74, 6) is 0. The first-order valence-electron chi connectivity index (χ1n) is 13.2. The van der Waals surface area contributed by atoms with E-state index in [1.807, 2.05) is 19.1 Å². The summed E-state index contributed by atoms with van der Waals surface area (Å²) in [6, 6.07) is 7.41. The molecule has 0 aromatic heterocycles. The van der Waals surface area contributed by atoms with Crippen molar-refractivity contribution in [3.8, 4) is 11.1 Å². The second-order valence-corrected chi connectivity index (χ2v) is 17.3. The van der Waals surface area contributed by atoms with Gasteiger partial charge >= 0.3 is 181 Å².